The summed E-state index contributed by atoms with van der Waals surface area (Å²) in [5.41, 5.74) is 0.748. The van der Waals surface area contributed by atoms with E-state index >= 15 is 0 Å². The summed E-state index contributed by atoms with van der Waals surface area (Å²) in [6.07, 6.45) is 5.74. The highest BCUT2D eigenvalue weighted by molar-refractivity contribution is 7.92. The number of amides is 1. The number of aliphatic hydroxyl groups excluding tert-OH is 1. The molecule has 3 heterocycles. The van der Waals surface area contributed by atoms with E-state index in [0.717, 1.165) is 17.5 Å². The quantitative estimate of drug-likeness (QED) is 0.450. The van der Waals surface area contributed by atoms with E-state index in [4.69, 9.17) is 5.11 Å². The van der Waals surface area contributed by atoms with Crippen LogP contribution in [0.5, 0.6) is 0 Å². The Morgan fingerprint density at radius 2 is 1.79 bits per heavy atom. The van der Waals surface area contributed by atoms with Gasteiger partial charge in [0, 0.05) is 32.3 Å². The Morgan fingerprint density at radius 3 is 2.46 bits per heavy atom. The summed E-state index contributed by atoms with van der Waals surface area (Å²) in [7, 11) is -3.77. The summed E-state index contributed by atoms with van der Waals surface area (Å²) >= 11 is 0. The molecule has 10 nitrogen and oxygen atoms in total. The van der Waals surface area contributed by atoms with E-state index in [1.54, 1.807) is 6.07 Å². The number of carbonyl (C=O) groups is 1. The number of carbonyl (C=O) groups excluding carboxylic acids is 1. The van der Waals surface area contributed by atoms with Crippen LogP contribution in [-0.2, 0) is 10.0 Å². The van der Waals surface area contributed by atoms with Crippen molar-refractivity contribution in [3.8, 4) is 0 Å². The summed E-state index contributed by atoms with van der Waals surface area (Å²) < 4.78 is 55.9. The number of rotatable bonds is 8. The fourth-order valence-corrected chi connectivity index (χ4v) is 6.25. The maximum atomic E-state index is 14.0. The molecular weight excluding hydrogens is 532 g/mol. The molecule has 0 radical (unpaired) electrons. The van der Waals surface area contributed by atoms with Crippen molar-refractivity contribution in [2.24, 2.45) is 5.41 Å². The number of aliphatic hydroxyl groups is 1. The number of piperidine rings is 2. The third-order valence-electron chi connectivity index (χ3n) is 7.85. The number of hydrogen-bond donors (Lipinski definition) is 3. The molecule has 0 unspecified atom stereocenters. The molecule has 2 aromatic rings. The van der Waals surface area contributed by atoms with Crippen molar-refractivity contribution in [3.63, 3.8) is 0 Å². The van der Waals surface area contributed by atoms with Crippen molar-refractivity contribution in [3.05, 3.63) is 52.4 Å². The third-order valence-corrected chi connectivity index (χ3v) is 9.12. The van der Waals surface area contributed by atoms with Gasteiger partial charge in [-0.1, -0.05) is 0 Å². The van der Waals surface area contributed by atoms with E-state index < -0.39 is 46.3 Å². The number of nitrogens with one attached hydrogen (secondary N) is 2. The molecule has 13 heteroatoms. The standard InChI is InChI=1S/C26H33F2N5O5S/c27-26(28)6-2-11-32(18-26)33-12-1-3-21(24(33)36)29-23(35)20-5-4-19(30-39(37,38)16-15-34)17-22(20)31-13-9-25(7-8-25)10-14-31/h1,3-5,12,17,30,34H,2,6-11,13-16,18H2,(H,29,35). The van der Waals surface area contributed by atoms with Crippen LogP contribution in [-0.4, -0.2) is 68.6 Å². The molecule has 1 spiro atoms. The van der Waals surface area contributed by atoms with Crippen LogP contribution in [0.4, 0.5) is 25.8 Å². The van der Waals surface area contributed by atoms with Crippen molar-refractivity contribution in [1.82, 2.24) is 4.68 Å². The average Bonchev–Trinajstić information content (AvgIpc) is 3.63. The van der Waals surface area contributed by atoms with Gasteiger partial charge in [0.15, 0.2) is 0 Å². The van der Waals surface area contributed by atoms with E-state index in [-0.39, 0.29) is 29.8 Å². The van der Waals surface area contributed by atoms with Gasteiger partial charge in [0.2, 0.25) is 10.0 Å². The second-order valence-corrected chi connectivity index (χ2v) is 12.6. The Bertz CT molecular complexity index is 1400. The summed E-state index contributed by atoms with van der Waals surface area (Å²) in [6.45, 7) is 0.586. The predicted octanol–water partition coefficient (Wildman–Crippen LogP) is 2.58. The lowest BCUT2D eigenvalue weighted by Crippen LogP contribution is -2.52. The predicted molar refractivity (Wildman–Crippen MR) is 145 cm³/mol. The number of aromatic nitrogens is 1. The van der Waals surface area contributed by atoms with Crippen molar-refractivity contribution >= 4 is 33.0 Å². The Kier molecular flexibility index (Phi) is 7.31. The normalized spacial score (nSPS) is 20.1. The first-order valence-corrected chi connectivity index (χ1v) is 14.8. The van der Waals surface area contributed by atoms with Gasteiger partial charge in [-0.25, -0.2) is 21.9 Å². The lowest BCUT2D eigenvalue weighted by molar-refractivity contribution is -0.0183. The van der Waals surface area contributed by atoms with Gasteiger partial charge in [0.05, 0.1) is 35.8 Å². The highest BCUT2D eigenvalue weighted by Gasteiger charge is 2.44. The fraction of sp³-hybridized carbons (Fsp3) is 0.538. The topological polar surface area (TPSA) is 124 Å². The SMILES string of the molecule is O=C(Nc1cccn(N2CCCC(F)(F)C2)c1=O)c1ccc(NS(=O)(=O)CCO)cc1N1CCC2(CC1)CC2. The van der Waals surface area contributed by atoms with Gasteiger partial charge in [0.1, 0.15) is 5.69 Å². The molecule has 1 aromatic carbocycles. The molecular formula is C26H33F2N5O5S. The van der Waals surface area contributed by atoms with Crippen molar-refractivity contribution in [2.45, 2.75) is 44.4 Å². The van der Waals surface area contributed by atoms with Gasteiger partial charge < -0.3 is 20.3 Å². The van der Waals surface area contributed by atoms with Gasteiger partial charge in [0.25, 0.3) is 17.4 Å². The Hall–Kier alpha value is -3.19. The lowest BCUT2D eigenvalue weighted by atomic mass is 9.93. The van der Waals surface area contributed by atoms with Crippen molar-refractivity contribution in [1.29, 1.82) is 0 Å². The summed E-state index contributed by atoms with van der Waals surface area (Å²) in [6, 6.07) is 7.49. The molecule has 1 aromatic heterocycles. The maximum absolute atomic E-state index is 14.0. The molecule has 0 atom stereocenters. The second kappa shape index (κ2) is 10.4. The highest BCUT2D eigenvalue weighted by Crippen LogP contribution is 2.54. The number of nitrogens with zero attached hydrogens (tertiary/aromatic N) is 3. The number of pyridine rings is 1. The van der Waals surface area contributed by atoms with E-state index in [2.05, 4.69) is 10.0 Å². The molecule has 2 saturated heterocycles. The van der Waals surface area contributed by atoms with E-state index in [9.17, 15) is 26.8 Å². The minimum Gasteiger partial charge on any atom is -0.395 e. The number of halogens is 2. The van der Waals surface area contributed by atoms with E-state index in [0.29, 0.717) is 30.7 Å². The zero-order valence-electron chi connectivity index (χ0n) is 21.5. The largest absolute Gasteiger partial charge is 0.395 e. The van der Waals surface area contributed by atoms with Crippen LogP contribution in [0.2, 0.25) is 0 Å². The zero-order valence-corrected chi connectivity index (χ0v) is 22.4. The van der Waals surface area contributed by atoms with Crippen LogP contribution in [0.25, 0.3) is 0 Å². The molecule has 1 aliphatic carbocycles. The van der Waals surface area contributed by atoms with Crippen molar-refractivity contribution < 1.29 is 27.1 Å². The monoisotopic (exact) mass is 565 g/mol. The molecule has 212 valence electrons. The number of sulfonamides is 1. The summed E-state index contributed by atoms with van der Waals surface area (Å²) in [5, 5.41) is 13.0. The van der Waals surface area contributed by atoms with Crippen LogP contribution in [0.1, 0.15) is 48.9 Å². The molecule has 3 N–H and O–H groups in total. The molecule has 3 fully saturated rings. The zero-order chi connectivity index (χ0) is 27.8. The fourth-order valence-electron chi connectivity index (χ4n) is 5.42. The first-order valence-electron chi connectivity index (χ1n) is 13.2. The number of alkyl halides is 2. The van der Waals surface area contributed by atoms with Crippen LogP contribution < -0.4 is 25.5 Å². The van der Waals surface area contributed by atoms with E-state index in [1.807, 2.05) is 4.90 Å². The molecule has 5 rings (SSSR count). The first-order chi connectivity index (χ1) is 18.5. The summed E-state index contributed by atoms with van der Waals surface area (Å²) in [4.78, 5) is 28.6. The van der Waals surface area contributed by atoms with Crippen molar-refractivity contribution in [2.75, 3.05) is 58.5 Å². The van der Waals surface area contributed by atoms with Gasteiger partial charge >= 0.3 is 0 Å². The molecule has 39 heavy (non-hydrogen) atoms. The Balaban J connectivity index is 1.41. The van der Waals surface area contributed by atoms with Crippen LogP contribution >= 0.6 is 0 Å². The van der Waals surface area contributed by atoms with Crippen LogP contribution in [0.15, 0.2) is 41.3 Å². The molecule has 0 bridgehead atoms. The maximum Gasteiger partial charge on any atom is 0.292 e. The first kappa shape index (κ1) is 27.4. The minimum atomic E-state index is -3.77. The lowest BCUT2D eigenvalue weighted by Gasteiger charge is -2.35. The van der Waals surface area contributed by atoms with Crippen LogP contribution in [0.3, 0.4) is 0 Å². The van der Waals surface area contributed by atoms with Gasteiger partial charge in [-0.2, -0.15) is 0 Å². The Morgan fingerprint density at radius 1 is 1.05 bits per heavy atom. The molecule has 1 amide bonds. The third kappa shape index (κ3) is 6.19. The Labute approximate surface area is 225 Å². The molecule has 3 aliphatic rings. The highest BCUT2D eigenvalue weighted by atomic mass is 32.2. The van der Waals surface area contributed by atoms with Gasteiger partial charge in [-0.3, -0.25) is 14.3 Å². The van der Waals surface area contributed by atoms with Gasteiger partial charge in [-0.15, -0.1) is 0 Å². The second-order valence-electron chi connectivity index (χ2n) is 10.7. The smallest absolute Gasteiger partial charge is 0.292 e. The number of benzene rings is 1. The number of hydrogen-bond acceptors (Lipinski definition) is 7. The summed E-state index contributed by atoms with van der Waals surface area (Å²) in [5.74, 6) is -3.93. The van der Waals surface area contributed by atoms with E-state index in [1.165, 1.54) is 48.3 Å². The van der Waals surface area contributed by atoms with Gasteiger partial charge in [-0.05, 0) is 67.9 Å². The number of anilines is 3. The minimum absolute atomic E-state index is 0.0503. The van der Waals surface area contributed by atoms with Crippen LogP contribution in [0, 0.1) is 5.41 Å². The average molecular weight is 566 g/mol. The molecule has 1 saturated carbocycles. The molecule has 2 aliphatic heterocycles.